The van der Waals surface area contributed by atoms with E-state index in [2.05, 4.69) is 0 Å². The zero-order chi connectivity index (χ0) is 46.2. The quantitative estimate of drug-likeness (QED) is 0.0724. The molecule has 3 aliphatic heterocycles. The van der Waals surface area contributed by atoms with Crippen molar-refractivity contribution >= 4 is 51.4 Å². The molecule has 0 aromatic heterocycles. The topological polar surface area (TPSA) is 281 Å². The molecule has 2 aromatic rings. The van der Waals surface area contributed by atoms with Gasteiger partial charge >= 0.3 is 29.8 Å². The number of ether oxygens (including phenoxy) is 10. The zero-order valence-corrected chi connectivity index (χ0v) is 35.5. The summed E-state index contributed by atoms with van der Waals surface area (Å²) in [6.45, 7) is 3.81. The molecule has 2 aromatic carbocycles. The van der Waals surface area contributed by atoms with Crippen molar-refractivity contribution in [2.75, 3.05) is 26.9 Å². The molecule has 1 unspecified atom stereocenters. The Morgan fingerprint density at radius 2 is 1.46 bits per heavy atom. The van der Waals surface area contributed by atoms with Crippen LogP contribution in [0.1, 0.15) is 51.3 Å². The molecule has 10 atom stereocenters. The molecule has 5 rings (SSSR count). The molecule has 22 nitrogen and oxygen atoms in total. The van der Waals surface area contributed by atoms with Gasteiger partial charge in [0, 0.05) is 46.1 Å². The number of rotatable bonds is 17. The van der Waals surface area contributed by atoms with Gasteiger partial charge in [-0.3, -0.25) is 38.3 Å². The molecule has 0 bridgehead atoms. The third-order valence-electron chi connectivity index (χ3n) is 9.81. The van der Waals surface area contributed by atoms with Crippen LogP contribution in [0.25, 0.3) is 0 Å². The summed E-state index contributed by atoms with van der Waals surface area (Å²) < 4.78 is 88.4. The molecule has 3 aliphatic rings. The van der Waals surface area contributed by atoms with Crippen molar-refractivity contribution in [1.29, 1.82) is 0 Å². The maximum absolute atomic E-state index is 14.5. The second-order valence-corrected chi connectivity index (χ2v) is 16.0. The first-order valence-corrected chi connectivity index (χ1v) is 20.6. The Morgan fingerprint density at radius 3 is 2.08 bits per heavy atom. The number of Topliss-reactive ketones (excluding diaryl/α,β-unsaturated/α-hetero) is 1. The highest BCUT2D eigenvalue weighted by molar-refractivity contribution is 7.86. The van der Waals surface area contributed by atoms with Crippen LogP contribution >= 0.6 is 0 Å². The Kier molecular flexibility index (Phi) is 16.1. The van der Waals surface area contributed by atoms with Crippen molar-refractivity contribution in [2.24, 2.45) is 11.8 Å². The number of esters is 5. The summed E-state index contributed by atoms with van der Waals surface area (Å²) >= 11 is 0. The van der Waals surface area contributed by atoms with Crippen LogP contribution in [0.15, 0.2) is 65.3 Å². The number of ketones is 1. The van der Waals surface area contributed by atoms with Gasteiger partial charge in [0.2, 0.25) is 12.6 Å². The maximum atomic E-state index is 14.5. The number of nitro benzene ring substituents is 1. The van der Waals surface area contributed by atoms with Crippen molar-refractivity contribution in [1.82, 2.24) is 0 Å². The predicted molar refractivity (Wildman–Crippen MR) is 206 cm³/mol. The van der Waals surface area contributed by atoms with Gasteiger partial charge in [-0.1, -0.05) is 29.8 Å². The van der Waals surface area contributed by atoms with Crippen molar-refractivity contribution < 1.29 is 93.7 Å². The van der Waals surface area contributed by atoms with E-state index in [1.165, 1.54) is 42.5 Å². The Bertz CT molecular complexity index is 2190. The highest BCUT2D eigenvalue weighted by atomic mass is 32.2. The first kappa shape index (κ1) is 48.2. The van der Waals surface area contributed by atoms with E-state index in [-0.39, 0.29) is 34.7 Å². The second-order valence-electron chi connectivity index (χ2n) is 14.3. The van der Waals surface area contributed by atoms with Crippen molar-refractivity contribution in [3.8, 4) is 0 Å². The fourth-order valence-electron chi connectivity index (χ4n) is 7.09. The molecule has 3 heterocycles. The molecular formula is C40H45NO21S. The first-order valence-electron chi connectivity index (χ1n) is 19.2. The highest BCUT2D eigenvalue weighted by Gasteiger charge is 2.56. The lowest BCUT2D eigenvalue weighted by molar-refractivity contribution is -0.386. The third kappa shape index (κ3) is 12.2. The van der Waals surface area contributed by atoms with E-state index >= 15 is 0 Å². The molecule has 342 valence electrons. The number of carbonyl (C=O) groups excluding carboxylic acids is 6. The van der Waals surface area contributed by atoms with Crippen LogP contribution in [0.3, 0.4) is 0 Å². The van der Waals surface area contributed by atoms with Gasteiger partial charge in [-0.15, -0.1) is 0 Å². The zero-order valence-electron chi connectivity index (χ0n) is 34.7. The van der Waals surface area contributed by atoms with E-state index in [0.717, 1.165) is 46.6 Å². The Morgan fingerprint density at radius 1 is 0.825 bits per heavy atom. The monoisotopic (exact) mass is 907 g/mol. The lowest BCUT2D eigenvalue weighted by Gasteiger charge is -2.46. The first-order chi connectivity index (χ1) is 29.8. The molecule has 63 heavy (non-hydrogen) atoms. The van der Waals surface area contributed by atoms with Gasteiger partial charge in [-0.25, -0.2) is 4.79 Å². The van der Waals surface area contributed by atoms with Crippen LogP contribution in [0.5, 0.6) is 0 Å². The van der Waals surface area contributed by atoms with Gasteiger partial charge in [0.05, 0.1) is 46.9 Å². The van der Waals surface area contributed by atoms with Crippen molar-refractivity contribution in [3.05, 3.63) is 81.6 Å². The molecule has 23 heteroatoms. The SMILES string of the molecule is COC(=O)C1=CO[C@@H](O[C@@H]2O[C@H](COC(C)=O)[C@@H](OC(C)=O)[C@H](OC(C)=O)[C@H]2OC(C)=O)[C@H](C(=O)COS(=O)(=O)c2ccc(C)cc2)[C@@H]1C[C@@H]1OCC(c2ccccc2[N+](=O)[O-])O1. The van der Waals surface area contributed by atoms with Crippen LogP contribution in [0.4, 0.5) is 5.69 Å². The third-order valence-corrected chi connectivity index (χ3v) is 11.1. The number of hydrogen-bond donors (Lipinski definition) is 0. The van der Waals surface area contributed by atoms with E-state index in [0.29, 0.717) is 0 Å². The molecule has 2 fully saturated rings. The average Bonchev–Trinajstić information content (AvgIpc) is 3.69. The van der Waals surface area contributed by atoms with Crippen molar-refractivity contribution in [2.45, 2.75) is 95.3 Å². The molecular weight excluding hydrogens is 862 g/mol. The summed E-state index contributed by atoms with van der Waals surface area (Å²) in [6.07, 6.45) is -12.1. The molecule has 0 saturated carbocycles. The largest absolute Gasteiger partial charge is 0.471 e. The predicted octanol–water partition coefficient (Wildman–Crippen LogP) is 2.43. The number of benzene rings is 2. The van der Waals surface area contributed by atoms with E-state index in [1.54, 1.807) is 13.0 Å². The van der Waals surface area contributed by atoms with Crippen LogP contribution in [-0.2, 0) is 90.4 Å². The number of para-hydroxylation sites is 1. The van der Waals surface area contributed by atoms with Gasteiger partial charge in [0.15, 0.2) is 30.4 Å². The lowest BCUT2D eigenvalue weighted by Crippen LogP contribution is -2.64. The Labute approximate surface area is 360 Å². The fraction of sp³-hybridized carbons (Fsp3) is 0.500. The Hall–Kier alpha value is -5.85. The summed E-state index contributed by atoms with van der Waals surface area (Å²) in [5.74, 6) is -8.84. The summed E-state index contributed by atoms with van der Waals surface area (Å²) in [5.41, 5.74) is 0.358. The number of nitrogens with zero attached hydrogens (tertiary/aromatic N) is 1. The molecule has 0 amide bonds. The molecule has 0 N–H and O–H groups in total. The van der Waals surface area contributed by atoms with E-state index in [9.17, 15) is 47.3 Å². The molecule has 0 aliphatic carbocycles. The number of aryl methyl sites for hydroxylation is 1. The van der Waals surface area contributed by atoms with Gasteiger partial charge in [0.1, 0.15) is 25.4 Å². The maximum Gasteiger partial charge on any atom is 0.337 e. The number of carbonyl (C=O) groups is 6. The number of nitro groups is 1. The number of hydrogen-bond acceptors (Lipinski definition) is 21. The van der Waals surface area contributed by atoms with Crippen LogP contribution in [-0.4, -0.2) is 119 Å². The molecule has 0 spiro atoms. The number of methoxy groups -OCH3 is 1. The van der Waals surface area contributed by atoms with Crippen molar-refractivity contribution in [3.63, 3.8) is 0 Å². The van der Waals surface area contributed by atoms with E-state index in [4.69, 9.17) is 51.6 Å². The van der Waals surface area contributed by atoms with Gasteiger partial charge in [-0.2, -0.15) is 8.42 Å². The van der Waals surface area contributed by atoms with Gasteiger partial charge in [-0.05, 0) is 25.1 Å². The van der Waals surface area contributed by atoms with E-state index < -0.39 is 125 Å². The van der Waals surface area contributed by atoms with Crippen LogP contribution in [0, 0.1) is 28.9 Å². The minimum atomic E-state index is -4.58. The lowest BCUT2D eigenvalue weighted by atomic mass is 9.79. The van der Waals surface area contributed by atoms with Crippen LogP contribution in [0.2, 0.25) is 0 Å². The van der Waals surface area contributed by atoms with Gasteiger partial charge < -0.3 is 47.4 Å². The smallest absolute Gasteiger partial charge is 0.337 e. The average molecular weight is 908 g/mol. The molecule has 0 radical (unpaired) electrons. The summed E-state index contributed by atoms with van der Waals surface area (Å²) in [7, 11) is -3.54. The summed E-state index contributed by atoms with van der Waals surface area (Å²) in [5, 5.41) is 11.8. The fourth-order valence-corrected chi connectivity index (χ4v) is 7.97. The highest BCUT2D eigenvalue weighted by Crippen LogP contribution is 2.42. The minimum absolute atomic E-state index is 0.174. The van der Waals surface area contributed by atoms with Crippen LogP contribution < -0.4 is 0 Å². The second kappa shape index (κ2) is 21.0. The summed E-state index contributed by atoms with van der Waals surface area (Å²) in [4.78, 5) is 87.9. The normalized spacial score (nSPS) is 26.9. The van der Waals surface area contributed by atoms with Gasteiger partial charge in [0.25, 0.3) is 15.8 Å². The standard InChI is InChI=1S/C40H45NO21S/c1-20-11-13-25(14-12-20)63(50,51)56-17-30(46)34-27(15-33-54-18-31(60-33)26-9-7-8-10-29(26)41(48)49)28(38(47)52-6)16-55-39(34)62-40-37(59-24(5)45)36(58-23(4)44)35(57-22(3)43)32(61-40)19-53-21(2)42/h7-14,16,27,31-37,39-40H,15,17-19H2,1-6H3/t27-,31?,32-,33-,34+,35-,36+,37-,39+,40+/m1/s1. The minimum Gasteiger partial charge on any atom is -0.471 e. The molecule has 2 saturated heterocycles. The van der Waals surface area contributed by atoms with E-state index in [1.807, 2.05) is 0 Å². The Balaban J connectivity index is 1.56. The summed E-state index contributed by atoms with van der Waals surface area (Å²) in [6, 6.07) is 11.3.